The number of halogens is 1. The third kappa shape index (κ3) is 3.69. The van der Waals surface area contributed by atoms with Crippen LogP contribution in [0, 0.1) is 23.1 Å². The normalized spacial score (nSPS) is 27.0. The Morgan fingerprint density at radius 3 is 2.80 bits per heavy atom. The van der Waals surface area contributed by atoms with Crippen LogP contribution in [0.25, 0.3) is 0 Å². The monoisotopic (exact) mass is 347 g/mol. The minimum absolute atomic E-state index is 0.0508. The van der Waals surface area contributed by atoms with Gasteiger partial charge in [-0.1, -0.05) is 0 Å². The second-order valence-corrected chi connectivity index (χ2v) is 6.85. The summed E-state index contributed by atoms with van der Waals surface area (Å²) in [6, 6.07) is 6.11. The number of aliphatic hydroxyl groups excluding tert-OH is 1. The fraction of sp³-hybridized carbons (Fsp3) is 0.556. The summed E-state index contributed by atoms with van der Waals surface area (Å²) in [5, 5.41) is 28.3. The highest BCUT2D eigenvalue weighted by Gasteiger charge is 2.38. The van der Waals surface area contributed by atoms with Crippen LogP contribution in [0.2, 0.25) is 0 Å². The van der Waals surface area contributed by atoms with E-state index < -0.39 is 18.0 Å². The third-order valence-corrected chi connectivity index (χ3v) is 5.28. The van der Waals surface area contributed by atoms with Gasteiger partial charge in [0.25, 0.3) is 0 Å². The molecule has 25 heavy (non-hydrogen) atoms. The second-order valence-electron chi connectivity index (χ2n) is 6.85. The topological polar surface area (TPSA) is 87.8 Å². The van der Waals surface area contributed by atoms with Gasteiger partial charge >= 0.3 is 6.09 Å². The number of piperidine rings is 2. The van der Waals surface area contributed by atoms with Gasteiger partial charge in [0.2, 0.25) is 0 Å². The lowest BCUT2D eigenvalue weighted by Crippen LogP contribution is -2.54. The predicted molar refractivity (Wildman–Crippen MR) is 89.8 cm³/mol. The standard InChI is InChI=1S/C18H22FN3O3/c19-15-8-12(10-20)3-4-16(15)21-6-1-2-13(11-21)17-9-14(23)5-7-22(17)18(24)25/h3-4,8,13-14,17,23H,1-2,5-7,9,11H2,(H,24,25). The Bertz CT molecular complexity index is 691. The molecule has 2 fully saturated rings. The third-order valence-electron chi connectivity index (χ3n) is 5.28. The van der Waals surface area contributed by atoms with E-state index in [0.29, 0.717) is 38.2 Å². The molecule has 134 valence electrons. The fourth-order valence-electron chi connectivity index (χ4n) is 4.04. The second kappa shape index (κ2) is 7.28. The molecular weight excluding hydrogens is 325 g/mol. The number of amides is 1. The predicted octanol–water partition coefficient (Wildman–Crippen LogP) is 2.42. The van der Waals surface area contributed by atoms with Gasteiger partial charge in [-0.3, -0.25) is 0 Å². The maximum atomic E-state index is 14.3. The van der Waals surface area contributed by atoms with Crippen LogP contribution in [0.4, 0.5) is 14.9 Å². The molecule has 2 aliphatic rings. The molecule has 0 aliphatic carbocycles. The first-order valence-corrected chi connectivity index (χ1v) is 8.62. The quantitative estimate of drug-likeness (QED) is 0.858. The maximum Gasteiger partial charge on any atom is 0.407 e. The average molecular weight is 347 g/mol. The molecule has 1 aromatic rings. The summed E-state index contributed by atoms with van der Waals surface area (Å²) in [5.74, 6) is -0.381. The van der Waals surface area contributed by atoms with Crippen LogP contribution < -0.4 is 4.90 Å². The highest BCUT2D eigenvalue weighted by atomic mass is 19.1. The average Bonchev–Trinajstić information content (AvgIpc) is 2.61. The van der Waals surface area contributed by atoms with Gasteiger partial charge in [-0.25, -0.2) is 9.18 Å². The van der Waals surface area contributed by atoms with Gasteiger partial charge in [0.15, 0.2) is 0 Å². The number of nitriles is 1. The minimum Gasteiger partial charge on any atom is -0.465 e. The van der Waals surface area contributed by atoms with E-state index in [1.54, 1.807) is 12.1 Å². The lowest BCUT2D eigenvalue weighted by Gasteiger charge is -2.44. The first-order chi connectivity index (χ1) is 12.0. The molecule has 6 nitrogen and oxygen atoms in total. The van der Waals surface area contributed by atoms with Gasteiger partial charge in [0.1, 0.15) is 5.82 Å². The van der Waals surface area contributed by atoms with Gasteiger partial charge < -0.3 is 20.0 Å². The van der Waals surface area contributed by atoms with Gasteiger partial charge in [0.05, 0.1) is 23.4 Å². The zero-order valence-electron chi connectivity index (χ0n) is 13.9. The van der Waals surface area contributed by atoms with E-state index in [-0.39, 0.29) is 17.5 Å². The SMILES string of the molecule is N#Cc1ccc(N2CCCC(C3CC(O)CCN3C(=O)O)C2)c(F)c1. The van der Waals surface area contributed by atoms with Crippen molar-refractivity contribution >= 4 is 11.8 Å². The van der Waals surface area contributed by atoms with Gasteiger partial charge in [-0.15, -0.1) is 0 Å². The molecule has 3 unspecified atom stereocenters. The maximum absolute atomic E-state index is 14.3. The van der Waals surface area contributed by atoms with Gasteiger partial charge in [-0.05, 0) is 49.8 Å². The van der Waals surface area contributed by atoms with Crippen molar-refractivity contribution in [1.29, 1.82) is 5.26 Å². The minimum atomic E-state index is -0.960. The number of nitrogens with zero attached hydrogens (tertiary/aromatic N) is 3. The summed E-state index contributed by atoms with van der Waals surface area (Å²) in [6.45, 7) is 1.58. The number of likely N-dealkylation sites (tertiary alicyclic amines) is 1. The van der Waals surface area contributed by atoms with Crippen LogP contribution >= 0.6 is 0 Å². The van der Waals surface area contributed by atoms with Crippen molar-refractivity contribution in [3.05, 3.63) is 29.6 Å². The highest BCUT2D eigenvalue weighted by molar-refractivity contribution is 5.65. The molecule has 0 spiro atoms. The number of aliphatic hydroxyl groups is 1. The van der Waals surface area contributed by atoms with E-state index in [4.69, 9.17) is 5.26 Å². The Hall–Kier alpha value is -2.33. The molecule has 3 rings (SSSR count). The van der Waals surface area contributed by atoms with Crippen molar-refractivity contribution in [1.82, 2.24) is 4.90 Å². The van der Waals surface area contributed by atoms with Crippen LogP contribution in [-0.4, -0.2) is 53.0 Å². The lowest BCUT2D eigenvalue weighted by molar-refractivity contribution is 0.0193. The van der Waals surface area contributed by atoms with Crippen molar-refractivity contribution in [2.24, 2.45) is 5.92 Å². The van der Waals surface area contributed by atoms with Crippen LogP contribution in [0.5, 0.6) is 0 Å². The van der Waals surface area contributed by atoms with Crippen molar-refractivity contribution in [2.45, 2.75) is 37.8 Å². The van der Waals surface area contributed by atoms with Crippen molar-refractivity contribution in [2.75, 3.05) is 24.5 Å². The Morgan fingerprint density at radius 2 is 2.12 bits per heavy atom. The van der Waals surface area contributed by atoms with E-state index >= 15 is 0 Å². The van der Waals surface area contributed by atoms with Crippen LogP contribution in [-0.2, 0) is 0 Å². The van der Waals surface area contributed by atoms with E-state index in [1.807, 2.05) is 11.0 Å². The number of carbonyl (C=O) groups is 1. The summed E-state index contributed by atoms with van der Waals surface area (Å²) in [7, 11) is 0. The smallest absolute Gasteiger partial charge is 0.407 e. The fourth-order valence-corrected chi connectivity index (χ4v) is 4.04. The molecule has 2 aliphatic heterocycles. The number of benzene rings is 1. The Balaban J connectivity index is 1.78. The van der Waals surface area contributed by atoms with Crippen LogP contribution in [0.3, 0.4) is 0 Å². The van der Waals surface area contributed by atoms with Crippen LogP contribution in [0.15, 0.2) is 18.2 Å². The molecule has 0 saturated carbocycles. The van der Waals surface area contributed by atoms with Gasteiger partial charge in [-0.2, -0.15) is 5.26 Å². The van der Waals surface area contributed by atoms with Crippen molar-refractivity contribution in [3.63, 3.8) is 0 Å². The van der Waals surface area contributed by atoms with E-state index in [2.05, 4.69) is 0 Å². The molecule has 1 aromatic carbocycles. The zero-order valence-corrected chi connectivity index (χ0v) is 13.9. The molecule has 0 bridgehead atoms. The Labute approximate surface area is 146 Å². The molecule has 0 aromatic heterocycles. The largest absolute Gasteiger partial charge is 0.465 e. The summed E-state index contributed by atoms with van der Waals surface area (Å²) < 4.78 is 14.3. The van der Waals surface area contributed by atoms with Crippen molar-refractivity contribution in [3.8, 4) is 6.07 Å². The first-order valence-electron chi connectivity index (χ1n) is 8.62. The molecule has 1 amide bonds. The number of anilines is 1. The first kappa shape index (κ1) is 17.5. The number of rotatable bonds is 2. The summed E-state index contributed by atoms with van der Waals surface area (Å²) in [5.41, 5.74) is 0.726. The molecule has 7 heteroatoms. The summed E-state index contributed by atoms with van der Waals surface area (Å²) in [4.78, 5) is 14.9. The summed E-state index contributed by atoms with van der Waals surface area (Å²) >= 11 is 0. The Morgan fingerprint density at radius 1 is 1.32 bits per heavy atom. The summed E-state index contributed by atoms with van der Waals surface area (Å²) in [6.07, 6.45) is 1.14. The number of carboxylic acid groups (broad SMARTS) is 1. The zero-order chi connectivity index (χ0) is 18.0. The van der Waals surface area contributed by atoms with Crippen molar-refractivity contribution < 1.29 is 19.4 Å². The molecular formula is C18H22FN3O3. The number of hydrogen-bond acceptors (Lipinski definition) is 4. The van der Waals surface area contributed by atoms with Crippen LogP contribution in [0.1, 0.15) is 31.2 Å². The van der Waals surface area contributed by atoms with Gasteiger partial charge in [0, 0.05) is 25.7 Å². The Kier molecular flexibility index (Phi) is 5.09. The van der Waals surface area contributed by atoms with E-state index in [0.717, 1.165) is 12.8 Å². The van der Waals surface area contributed by atoms with E-state index in [1.165, 1.54) is 11.0 Å². The lowest BCUT2D eigenvalue weighted by atomic mass is 9.83. The molecule has 2 saturated heterocycles. The number of hydrogen-bond donors (Lipinski definition) is 2. The highest BCUT2D eigenvalue weighted by Crippen LogP contribution is 2.33. The molecule has 3 atom stereocenters. The van der Waals surface area contributed by atoms with E-state index in [9.17, 15) is 19.4 Å². The molecule has 2 N–H and O–H groups in total. The molecule has 0 radical (unpaired) electrons. The molecule has 2 heterocycles.